The summed E-state index contributed by atoms with van der Waals surface area (Å²) in [5.41, 5.74) is 5.51. The van der Waals surface area contributed by atoms with E-state index in [-0.39, 0.29) is 0 Å². The zero-order chi connectivity index (χ0) is 11.3. The molecule has 0 aliphatic rings. The quantitative estimate of drug-likeness (QED) is 0.872. The van der Waals surface area contributed by atoms with E-state index in [1.54, 1.807) is 11.3 Å². The minimum Gasteiger partial charge on any atom is -0.330 e. The van der Waals surface area contributed by atoms with Crippen molar-refractivity contribution >= 4 is 27.3 Å². The SMILES string of the molecule is CC(CCCN)N(C)Cc1cc(Br)cs1. The molecule has 15 heavy (non-hydrogen) atoms. The van der Waals surface area contributed by atoms with Gasteiger partial charge in [0, 0.05) is 27.3 Å². The molecular formula is C11H19BrN2S. The Kier molecular flexibility index (Phi) is 5.82. The Morgan fingerprint density at radius 1 is 1.60 bits per heavy atom. The second-order valence-corrected chi connectivity index (χ2v) is 5.84. The molecule has 0 aliphatic carbocycles. The highest BCUT2D eigenvalue weighted by molar-refractivity contribution is 9.10. The minimum atomic E-state index is 0.606. The molecule has 0 aromatic carbocycles. The van der Waals surface area contributed by atoms with E-state index in [9.17, 15) is 0 Å². The monoisotopic (exact) mass is 290 g/mol. The molecule has 0 bridgehead atoms. The lowest BCUT2D eigenvalue weighted by molar-refractivity contribution is 0.237. The molecule has 0 saturated heterocycles. The summed E-state index contributed by atoms with van der Waals surface area (Å²) in [6, 6.07) is 2.80. The standard InChI is InChI=1S/C11H19BrN2S/c1-9(4-3-5-13)14(2)7-11-6-10(12)8-15-11/h6,8-9H,3-5,7,13H2,1-2H3. The van der Waals surface area contributed by atoms with E-state index in [2.05, 4.69) is 46.2 Å². The third-order valence-corrected chi connectivity index (χ3v) is 4.29. The highest BCUT2D eigenvalue weighted by Gasteiger charge is 2.09. The Morgan fingerprint density at radius 2 is 2.33 bits per heavy atom. The van der Waals surface area contributed by atoms with Gasteiger partial charge >= 0.3 is 0 Å². The van der Waals surface area contributed by atoms with Crippen LogP contribution in [0.4, 0.5) is 0 Å². The van der Waals surface area contributed by atoms with Crippen molar-refractivity contribution in [1.29, 1.82) is 0 Å². The van der Waals surface area contributed by atoms with E-state index in [0.29, 0.717) is 6.04 Å². The van der Waals surface area contributed by atoms with Gasteiger partial charge in [-0.2, -0.15) is 0 Å². The van der Waals surface area contributed by atoms with Gasteiger partial charge in [0.05, 0.1) is 0 Å². The van der Waals surface area contributed by atoms with Crippen molar-refractivity contribution in [2.75, 3.05) is 13.6 Å². The molecule has 86 valence electrons. The number of halogens is 1. The van der Waals surface area contributed by atoms with Gasteiger partial charge in [0.15, 0.2) is 0 Å². The van der Waals surface area contributed by atoms with Crippen LogP contribution in [0.1, 0.15) is 24.6 Å². The fourth-order valence-corrected chi connectivity index (χ4v) is 2.99. The van der Waals surface area contributed by atoms with Crippen molar-refractivity contribution in [3.8, 4) is 0 Å². The Balaban J connectivity index is 2.37. The number of hydrogen-bond acceptors (Lipinski definition) is 3. The van der Waals surface area contributed by atoms with Crippen LogP contribution < -0.4 is 5.73 Å². The van der Waals surface area contributed by atoms with E-state index in [0.717, 1.165) is 19.5 Å². The number of nitrogens with two attached hydrogens (primary N) is 1. The van der Waals surface area contributed by atoms with Crippen molar-refractivity contribution in [1.82, 2.24) is 4.90 Å². The second kappa shape index (κ2) is 6.63. The third kappa shape index (κ3) is 4.64. The molecule has 1 aromatic heterocycles. The van der Waals surface area contributed by atoms with Crippen LogP contribution in [0, 0.1) is 0 Å². The molecule has 0 amide bonds. The minimum absolute atomic E-state index is 0.606. The maximum absolute atomic E-state index is 5.51. The molecule has 0 saturated carbocycles. The van der Waals surface area contributed by atoms with Crippen LogP contribution in [0.2, 0.25) is 0 Å². The molecule has 0 aliphatic heterocycles. The summed E-state index contributed by atoms with van der Waals surface area (Å²) >= 11 is 5.28. The van der Waals surface area contributed by atoms with Gasteiger partial charge in [0.1, 0.15) is 0 Å². The van der Waals surface area contributed by atoms with Crippen molar-refractivity contribution in [2.24, 2.45) is 5.73 Å². The summed E-state index contributed by atoms with van der Waals surface area (Å²) in [4.78, 5) is 3.79. The molecule has 0 radical (unpaired) electrons. The van der Waals surface area contributed by atoms with Gasteiger partial charge in [-0.1, -0.05) is 0 Å². The van der Waals surface area contributed by atoms with Crippen LogP contribution >= 0.6 is 27.3 Å². The van der Waals surface area contributed by atoms with E-state index in [1.807, 2.05) is 0 Å². The molecule has 1 atom stereocenters. The maximum Gasteiger partial charge on any atom is 0.0328 e. The first kappa shape index (κ1) is 13.2. The molecule has 1 unspecified atom stereocenters. The molecular weight excluding hydrogens is 272 g/mol. The number of nitrogens with zero attached hydrogens (tertiary/aromatic N) is 1. The molecule has 2 nitrogen and oxygen atoms in total. The zero-order valence-electron chi connectivity index (χ0n) is 9.37. The number of hydrogen-bond donors (Lipinski definition) is 1. The fraction of sp³-hybridized carbons (Fsp3) is 0.636. The van der Waals surface area contributed by atoms with Crippen molar-refractivity contribution in [2.45, 2.75) is 32.4 Å². The topological polar surface area (TPSA) is 29.3 Å². The first-order chi connectivity index (χ1) is 7.13. The Labute approximate surface area is 105 Å². The molecule has 1 rings (SSSR count). The Morgan fingerprint density at radius 3 is 2.87 bits per heavy atom. The normalized spacial score (nSPS) is 13.4. The van der Waals surface area contributed by atoms with Crippen LogP contribution in [0.3, 0.4) is 0 Å². The molecule has 1 aromatic rings. The van der Waals surface area contributed by atoms with Gasteiger partial charge in [-0.25, -0.2) is 0 Å². The Hall–Kier alpha value is 0.1000. The molecule has 2 N–H and O–H groups in total. The Bertz CT molecular complexity index is 288. The van der Waals surface area contributed by atoms with Crippen LogP contribution in [0.5, 0.6) is 0 Å². The first-order valence-corrected chi connectivity index (χ1v) is 6.94. The average molecular weight is 291 g/mol. The van der Waals surface area contributed by atoms with Crippen molar-refractivity contribution in [3.63, 3.8) is 0 Å². The van der Waals surface area contributed by atoms with Gasteiger partial charge in [0.2, 0.25) is 0 Å². The molecule has 1 heterocycles. The summed E-state index contributed by atoms with van der Waals surface area (Å²) in [6.45, 7) is 4.09. The largest absolute Gasteiger partial charge is 0.330 e. The molecule has 4 heteroatoms. The summed E-state index contributed by atoms with van der Waals surface area (Å²) in [5, 5.41) is 2.13. The average Bonchev–Trinajstić information content (AvgIpc) is 2.60. The summed E-state index contributed by atoms with van der Waals surface area (Å²) < 4.78 is 1.19. The van der Waals surface area contributed by atoms with Crippen LogP contribution in [-0.2, 0) is 6.54 Å². The van der Waals surface area contributed by atoms with E-state index in [1.165, 1.54) is 15.8 Å². The number of rotatable bonds is 6. The number of thiophene rings is 1. The summed E-state index contributed by atoms with van der Waals surface area (Å²) in [5.74, 6) is 0. The van der Waals surface area contributed by atoms with Gasteiger partial charge in [-0.15, -0.1) is 11.3 Å². The van der Waals surface area contributed by atoms with Crippen molar-refractivity contribution in [3.05, 3.63) is 20.8 Å². The predicted molar refractivity (Wildman–Crippen MR) is 71.2 cm³/mol. The highest BCUT2D eigenvalue weighted by Crippen LogP contribution is 2.21. The lowest BCUT2D eigenvalue weighted by Crippen LogP contribution is -2.28. The van der Waals surface area contributed by atoms with Crippen LogP contribution in [-0.4, -0.2) is 24.5 Å². The van der Waals surface area contributed by atoms with E-state index in [4.69, 9.17) is 5.73 Å². The molecule has 0 spiro atoms. The summed E-state index contributed by atoms with van der Waals surface area (Å²) in [6.07, 6.45) is 2.29. The van der Waals surface area contributed by atoms with Gasteiger partial charge < -0.3 is 5.73 Å². The lowest BCUT2D eigenvalue weighted by atomic mass is 10.1. The zero-order valence-corrected chi connectivity index (χ0v) is 11.8. The van der Waals surface area contributed by atoms with Gasteiger partial charge in [-0.3, -0.25) is 4.90 Å². The molecule has 0 fully saturated rings. The van der Waals surface area contributed by atoms with E-state index >= 15 is 0 Å². The maximum atomic E-state index is 5.51. The van der Waals surface area contributed by atoms with Gasteiger partial charge in [-0.05, 0) is 55.4 Å². The first-order valence-electron chi connectivity index (χ1n) is 5.26. The third-order valence-electron chi connectivity index (χ3n) is 2.61. The summed E-state index contributed by atoms with van der Waals surface area (Å²) in [7, 11) is 2.18. The van der Waals surface area contributed by atoms with Gasteiger partial charge in [0.25, 0.3) is 0 Å². The van der Waals surface area contributed by atoms with Crippen LogP contribution in [0.25, 0.3) is 0 Å². The van der Waals surface area contributed by atoms with Crippen LogP contribution in [0.15, 0.2) is 15.9 Å². The highest BCUT2D eigenvalue weighted by atomic mass is 79.9. The van der Waals surface area contributed by atoms with E-state index < -0.39 is 0 Å². The fourth-order valence-electron chi connectivity index (χ4n) is 1.47. The smallest absolute Gasteiger partial charge is 0.0328 e. The predicted octanol–water partition coefficient (Wildman–Crippen LogP) is 3.07. The van der Waals surface area contributed by atoms with Crippen molar-refractivity contribution < 1.29 is 0 Å². The second-order valence-electron chi connectivity index (χ2n) is 3.93. The lowest BCUT2D eigenvalue weighted by Gasteiger charge is -2.23.